The number of esters is 1. The Balaban J connectivity index is 2.18. The third-order valence-corrected chi connectivity index (χ3v) is 5.15. The molecular formula is C22H31BrN2O5. The highest BCUT2D eigenvalue weighted by Gasteiger charge is 2.36. The van der Waals surface area contributed by atoms with Gasteiger partial charge in [0.1, 0.15) is 11.8 Å². The van der Waals surface area contributed by atoms with Crippen molar-refractivity contribution in [2.24, 2.45) is 11.8 Å². The molecule has 1 heterocycles. The van der Waals surface area contributed by atoms with Gasteiger partial charge in [-0.2, -0.15) is 0 Å². The zero-order valence-corrected chi connectivity index (χ0v) is 19.7. The third-order valence-electron chi connectivity index (χ3n) is 4.65. The number of hydrogen-bond acceptors (Lipinski definition) is 5. The van der Waals surface area contributed by atoms with Crippen LogP contribution in [-0.4, -0.2) is 55.0 Å². The number of hydrogen-bond donors (Lipinski definition) is 1. The molecule has 1 unspecified atom stereocenters. The lowest BCUT2D eigenvalue weighted by Crippen LogP contribution is -2.57. The fourth-order valence-electron chi connectivity index (χ4n) is 2.99. The Morgan fingerprint density at radius 1 is 1.23 bits per heavy atom. The Kier molecular flexibility index (Phi) is 9.14. The highest BCUT2D eigenvalue weighted by molar-refractivity contribution is 9.10. The van der Waals surface area contributed by atoms with E-state index in [1.807, 2.05) is 27.7 Å². The smallest absolute Gasteiger partial charge is 0.308 e. The van der Waals surface area contributed by atoms with Crippen LogP contribution in [0.2, 0.25) is 0 Å². The molecule has 2 rings (SSSR count). The summed E-state index contributed by atoms with van der Waals surface area (Å²) in [7, 11) is 0. The average molecular weight is 483 g/mol. The Morgan fingerprint density at radius 3 is 2.63 bits per heavy atom. The third kappa shape index (κ3) is 7.00. The number of halogens is 1. The van der Waals surface area contributed by atoms with Gasteiger partial charge in [-0.25, -0.2) is 0 Å². The van der Waals surface area contributed by atoms with Crippen molar-refractivity contribution >= 4 is 33.7 Å². The van der Waals surface area contributed by atoms with Crippen LogP contribution in [0.25, 0.3) is 0 Å². The summed E-state index contributed by atoms with van der Waals surface area (Å²) in [6, 6.07) is 4.31. The van der Waals surface area contributed by atoms with Crippen molar-refractivity contribution < 1.29 is 23.9 Å². The molecule has 166 valence electrons. The van der Waals surface area contributed by atoms with Crippen LogP contribution in [-0.2, 0) is 14.3 Å². The summed E-state index contributed by atoms with van der Waals surface area (Å²) in [6.07, 6.45) is 0.575. The van der Waals surface area contributed by atoms with Gasteiger partial charge in [0.25, 0.3) is 5.91 Å². The predicted octanol–water partition coefficient (Wildman–Crippen LogP) is 3.40. The summed E-state index contributed by atoms with van der Waals surface area (Å²) in [5.74, 6) is -0.0116. The van der Waals surface area contributed by atoms with Crippen LogP contribution in [0.5, 0.6) is 5.75 Å². The van der Waals surface area contributed by atoms with E-state index in [0.717, 1.165) is 10.9 Å². The van der Waals surface area contributed by atoms with Gasteiger partial charge in [-0.05, 0) is 36.5 Å². The number of carbonyl (C=O) groups is 3. The van der Waals surface area contributed by atoms with Crippen molar-refractivity contribution in [3.8, 4) is 5.75 Å². The number of rotatable bonds is 9. The molecule has 0 aliphatic carbocycles. The summed E-state index contributed by atoms with van der Waals surface area (Å²) in [5.41, 5.74) is 0.359. The van der Waals surface area contributed by atoms with Crippen LogP contribution >= 0.6 is 15.9 Å². The van der Waals surface area contributed by atoms with E-state index < -0.39 is 12.0 Å². The molecule has 1 aromatic carbocycles. The summed E-state index contributed by atoms with van der Waals surface area (Å²) in [4.78, 5) is 39.5. The zero-order chi connectivity index (χ0) is 22.3. The molecule has 8 heteroatoms. The van der Waals surface area contributed by atoms with Crippen molar-refractivity contribution in [1.29, 1.82) is 0 Å². The number of piperazine rings is 1. The molecule has 1 saturated heterocycles. The van der Waals surface area contributed by atoms with Gasteiger partial charge in [0.2, 0.25) is 5.91 Å². The second-order valence-electron chi connectivity index (χ2n) is 8.26. The summed E-state index contributed by atoms with van der Waals surface area (Å²) < 4.78 is 11.8. The Bertz CT molecular complexity index is 766. The maximum absolute atomic E-state index is 13.4. The van der Waals surface area contributed by atoms with Gasteiger partial charge in [0, 0.05) is 17.6 Å². The molecule has 1 fully saturated rings. The first-order valence-electron chi connectivity index (χ1n) is 10.4. The van der Waals surface area contributed by atoms with Crippen molar-refractivity contribution in [3.05, 3.63) is 28.2 Å². The van der Waals surface area contributed by atoms with Crippen LogP contribution in [0.4, 0.5) is 0 Å². The lowest BCUT2D eigenvalue weighted by Gasteiger charge is -2.35. The normalized spacial score (nSPS) is 16.6. The number of nitrogens with zero attached hydrogens (tertiary/aromatic N) is 1. The highest BCUT2D eigenvalue weighted by Crippen LogP contribution is 2.27. The van der Waals surface area contributed by atoms with E-state index >= 15 is 0 Å². The quantitative estimate of drug-likeness (QED) is 0.545. The first-order chi connectivity index (χ1) is 14.2. The summed E-state index contributed by atoms with van der Waals surface area (Å²) >= 11 is 3.40. The van der Waals surface area contributed by atoms with Crippen LogP contribution in [0.3, 0.4) is 0 Å². The number of carbonyl (C=O) groups excluding carboxylic acids is 3. The van der Waals surface area contributed by atoms with Crippen molar-refractivity contribution in [3.63, 3.8) is 0 Å². The van der Waals surface area contributed by atoms with Crippen molar-refractivity contribution in [2.45, 2.75) is 46.6 Å². The molecule has 0 saturated carbocycles. The Hall–Kier alpha value is -2.09. The fourth-order valence-corrected chi connectivity index (χ4v) is 3.35. The SMILES string of the molecule is CC(C)CCOC(=O)CC1C(=O)NCCN1C(=O)c1cc(Br)ccc1OCC(C)C. The van der Waals surface area contributed by atoms with Gasteiger partial charge < -0.3 is 19.7 Å². The molecule has 0 spiro atoms. The molecule has 30 heavy (non-hydrogen) atoms. The molecule has 0 bridgehead atoms. The van der Waals surface area contributed by atoms with Gasteiger partial charge >= 0.3 is 5.97 Å². The van der Waals surface area contributed by atoms with E-state index in [4.69, 9.17) is 9.47 Å². The van der Waals surface area contributed by atoms with Crippen molar-refractivity contribution in [2.75, 3.05) is 26.3 Å². The van der Waals surface area contributed by atoms with E-state index in [1.54, 1.807) is 18.2 Å². The van der Waals surface area contributed by atoms with E-state index in [0.29, 0.717) is 49.5 Å². The molecule has 1 aromatic rings. The largest absolute Gasteiger partial charge is 0.492 e. The molecule has 1 N–H and O–H groups in total. The molecule has 1 atom stereocenters. The molecule has 0 aromatic heterocycles. The van der Waals surface area contributed by atoms with Gasteiger partial charge in [-0.15, -0.1) is 0 Å². The molecule has 7 nitrogen and oxygen atoms in total. The van der Waals surface area contributed by atoms with E-state index in [9.17, 15) is 14.4 Å². The number of ether oxygens (including phenoxy) is 2. The maximum atomic E-state index is 13.4. The first kappa shape index (κ1) is 24.2. The van der Waals surface area contributed by atoms with Gasteiger partial charge in [-0.3, -0.25) is 14.4 Å². The molecular weight excluding hydrogens is 452 g/mol. The minimum absolute atomic E-state index is 0.175. The number of nitrogens with one attached hydrogen (secondary N) is 1. The molecule has 2 amide bonds. The number of amides is 2. The molecule has 1 aliphatic heterocycles. The number of benzene rings is 1. The Morgan fingerprint density at radius 2 is 1.97 bits per heavy atom. The van der Waals surface area contributed by atoms with Crippen LogP contribution in [0.15, 0.2) is 22.7 Å². The monoisotopic (exact) mass is 482 g/mol. The molecule has 0 radical (unpaired) electrons. The molecule has 1 aliphatic rings. The average Bonchev–Trinajstić information content (AvgIpc) is 2.67. The second kappa shape index (κ2) is 11.3. The van der Waals surface area contributed by atoms with E-state index in [2.05, 4.69) is 21.2 Å². The topological polar surface area (TPSA) is 84.9 Å². The summed E-state index contributed by atoms with van der Waals surface area (Å²) in [6.45, 7) is 9.54. The predicted molar refractivity (Wildman–Crippen MR) is 117 cm³/mol. The maximum Gasteiger partial charge on any atom is 0.308 e. The van der Waals surface area contributed by atoms with E-state index in [-0.39, 0.29) is 18.2 Å². The van der Waals surface area contributed by atoms with Crippen LogP contribution in [0, 0.1) is 11.8 Å². The lowest BCUT2D eigenvalue weighted by atomic mass is 10.1. The first-order valence-corrected chi connectivity index (χ1v) is 11.1. The fraction of sp³-hybridized carbons (Fsp3) is 0.591. The lowest BCUT2D eigenvalue weighted by molar-refractivity contribution is -0.148. The van der Waals surface area contributed by atoms with Gasteiger partial charge in [0.05, 0.1) is 25.2 Å². The standard InChI is InChI=1S/C22H31BrN2O5/c1-14(2)7-10-29-20(26)12-18-21(27)24-8-9-25(18)22(28)17-11-16(23)5-6-19(17)30-13-15(3)4/h5-6,11,14-15,18H,7-10,12-13H2,1-4H3,(H,24,27). The van der Waals surface area contributed by atoms with Gasteiger partial charge in [0.15, 0.2) is 0 Å². The zero-order valence-electron chi connectivity index (χ0n) is 18.1. The van der Waals surface area contributed by atoms with E-state index in [1.165, 1.54) is 4.90 Å². The van der Waals surface area contributed by atoms with Crippen LogP contribution in [0.1, 0.15) is 50.9 Å². The van der Waals surface area contributed by atoms with Crippen LogP contribution < -0.4 is 10.1 Å². The second-order valence-corrected chi connectivity index (χ2v) is 9.17. The minimum Gasteiger partial charge on any atom is -0.492 e. The van der Waals surface area contributed by atoms with Crippen molar-refractivity contribution in [1.82, 2.24) is 10.2 Å². The minimum atomic E-state index is -0.908. The van der Waals surface area contributed by atoms with Gasteiger partial charge in [-0.1, -0.05) is 43.6 Å². The summed E-state index contributed by atoms with van der Waals surface area (Å²) in [5, 5.41) is 2.73. The Labute approximate surface area is 186 Å². The highest BCUT2D eigenvalue weighted by atomic mass is 79.9.